The third-order valence-electron chi connectivity index (χ3n) is 5.39. The summed E-state index contributed by atoms with van der Waals surface area (Å²) in [7, 11) is 0. The Balaban J connectivity index is 1.98. The van der Waals surface area contributed by atoms with Gasteiger partial charge in [-0.25, -0.2) is 0 Å². The van der Waals surface area contributed by atoms with Gasteiger partial charge in [-0.15, -0.1) is 0 Å². The van der Waals surface area contributed by atoms with Gasteiger partial charge in [-0.05, 0) is 75.9 Å². The molecule has 0 aromatic carbocycles. The molecule has 0 radical (unpaired) electrons. The van der Waals surface area contributed by atoms with E-state index in [0.29, 0.717) is 19.4 Å². The highest BCUT2D eigenvalue weighted by Crippen LogP contribution is 2.42. The van der Waals surface area contributed by atoms with Crippen molar-refractivity contribution in [2.24, 2.45) is 5.73 Å². The molecule has 0 amide bonds. The van der Waals surface area contributed by atoms with E-state index in [4.69, 9.17) is 5.73 Å². The van der Waals surface area contributed by atoms with Crippen LogP contribution in [0.25, 0.3) is 0 Å². The van der Waals surface area contributed by atoms with Crippen LogP contribution in [0.2, 0.25) is 0 Å². The Kier molecular flexibility index (Phi) is 6.35. The summed E-state index contributed by atoms with van der Waals surface area (Å²) in [5.74, 6) is 0. The van der Waals surface area contributed by atoms with Crippen molar-refractivity contribution in [1.82, 2.24) is 14.9 Å². The number of unbranched alkanes of at least 4 members (excludes halogenated alkanes) is 1. The molecule has 1 fully saturated rings. The minimum absolute atomic E-state index is 0.101. The molecule has 0 aliphatic carbocycles. The number of hydrogen-bond donors (Lipinski definition) is 2. The van der Waals surface area contributed by atoms with Crippen LogP contribution in [0.15, 0.2) is 36.7 Å². The fourth-order valence-electron chi connectivity index (χ4n) is 4.08. The SMILES string of the molecule is Cc1cccnc1C1CC(O)C[C@@H](c2ncccc2C)N1CCCCN. The van der Waals surface area contributed by atoms with Gasteiger partial charge < -0.3 is 10.8 Å². The van der Waals surface area contributed by atoms with Gasteiger partial charge in [0.2, 0.25) is 0 Å². The predicted molar refractivity (Wildman–Crippen MR) is 104 cm³/mol. The van der Waals surface area contributed by atoms with Gasteiger partial charge in [0.15, 0.2) is 0 Å². The van der Waals surface area contributed by atoms with Crippen molar-refractivity contribution >= 4 is 0 Å². The van der Waals surface area contributed by atoms with Crippen LogP contribution in [0.1, 0.15) is 60.3 Å². The van der Waals surface area contributed by atoms with Crippen LogP contribution in [-0.2, 0) is 0 Å². The molecule has 5 heteroatoms. The lowest BCUT2D eigenvalue weighted by molar-refractivity contribution is -0.00624. The Bertz CT molecular complexity index is 665. The van der Waals surface area contributed by atoms with Crippen molar-refractivity contribution in [3.05, 3.63) is 59.2 Å². The van der Waals surface area contributed by atoms with Gasteiger partial charge in [0.1, 0.15) is 0 Å². The van der Waals surface area contributed by atoms with Crippen molar-refractivity contribution in [2.45, 2.75) is 57.7 Å². The number of aliphatic hydroxyl groups is 1. The van der Waals surface area contributed by atoms with Gasteiger partial charge >= 0.3 is 0 Å². The second-order valence-corrected chi connectivity index (χ2v) is 7.30. The Hall–Kier alpha value is -1.82. The first-order chi connectivity index (χ1) is 12.6. The summed E-state index contributed by atoms with van der Waals surface area (Å²) in [6.07, 6.45) is 6.81. The van der Waals surface area contributed by atoms with E-state index in [-0.39, 0.29) is 18.2 Å². The molecule has 2 aromatic rings. The molecule has 0 saturated carbocycles. The van der Waals surface area contributed by atoms with Crippen LogP contribution in [0.5, 0.6) is 0 Å². The molecule has 0 bridgehead atoms. The zero-order valence-electron chi connectivity index (χ0n) is 15.8. The molecule has 1 aliphatic heterocycles. The van der Waals surface area contributed by atoms with Crippen LogP contribution >= 0.6 is 0 Å². The van der Waals surface area contributed by atoms with Crippen LogP contribution in [0, 0.1) is 13.8 Å². The maximum absolute atomic E-state index is 10.6. The van der Waals surface area contributed by atoms with Crippen LogP contribution in [-0.4, -0.2) is 39.2 Å². The van der Waals surface area contributed by atoms with Gasteiger partial charge in [-0.1, -0.05) is 12.1 Å². The molecule has 3 N–H and O–H groups in total. The van der Waals surface area contributed by atoms with E-state index in [2.05, 4.69) is 40.8 Å². The van der Waals surface area contributed by atoms with Gasteiger partial charge in [-0.2, -0.15) is 0 Å². The average Bonchev–Trinajstić information content (AvgIpc) is 2.63. The second kappa shape index (κ2) is 8.71. The highest BCUT2D eigenvalue weighted by molar-refractivity contribution is 5.26. The predicted octanol–water partition coefficient (Wildman–Crippen LogP) is 3.07. The molecule has 3 atom stereocenters. The van der Waals surface area contributed by atoms with Crippen LogP contribution in [0.4, 0.5) is 0 Å². The van der Waals surface area contributed by atoms with Crippen molar-refractivity contribution < 1.29 is 5.11 Å². The lowest BCUT2D eigenvalue weighted by atomic mass is 9.87. The zero-order chi connectivity index (χ0) is 18.5. The largest absolute Gasteiger partial charge is 0.393 e. The fourth-order valence-corrected chi connectivity index (χ4v) is 4.08. The van der Waals surface area contributed by atoms with Crippen molar-refractivity contribution in [3.8, 4) is 0 Å². The molecule has 0 spiro atoms. The normalized spacial score (nSPS) is 23.9. The molecule has 2 unspecified atom stereocenters. The highest BCUT2D eigenvalue weighted by atomic mass is 16.3. The number of nitrogens with zero attached hydrogens (tertiary/aromatic N) is 3. The van der Waals surface area contributed by atoms with Crippen molar-refractivity contribution in [1.29, 1.82) is 0 Å². The number of aryl methyl sites for hydroxylation is 2. The van der Waals surface area contributed by atoms with Gasteiger partial charge in [0.05, 0.1) is 29.6 Å². The number of likely N-dealkylation sites (tertiary alicyclic amines) is 1. The van der Waals surface area contributed by atoms with Gasteiger partial charge in [0, 0.05) is 12.4 Å². The number of aromatic nitrogens is 2. The number of nitrogens with two attached hydrogens (primary N) is 1. The summed E-state index contributed by atoms with van der Waals surface area (Å²) in [5.41, 5.74) is 10.2. The smallest absolute Gasteiger partial charge is 0.0605 e. The zero-order valence-corrected chi connectivity index (χ0v) is 15.8. The third-order valence-corrected chi connectivity index (χ3v) is 5.39. The van der Waals surface area contributed by atoms with E-state index in [9.17, 15) is 5.11 Å². The minimum Gasteiger partial charge on any atom is -0.393 e. The standard InChI is InChI=1S/C21H30N4O/c1-15-7-5-10-23-20(15)18-13-17(26)14-19(25(18)12-4-3-9-22)21-16(2)8-6-11-24-21/h5-8,10-11,17-19,26H,3-4,9,12-14,22H2,1-2H3/t17?,18-,19?/m0/s1. The maximum atomic E-state index is 10.6. The second-order valence-electron chi connectivity index (χ2n) is 7.30. The van der Waals surface area contributed by atoms with E-state index in [1.54, 1.807) is 0 Å². The summed E-state index contributed by atoms with van der Waals surface area (Å²) in [6.45, 7) is 5.84. The molecule has 3 heterocycles. The third kappa shape index (κ3) is 4.11. The van der Waals surface area contributed by atoms with E-state index in [1.165, 1.54) is 11.1 Å². The first-order valence-electron chi connectivity index (χ1n) is 9.58. The number of pyridine rings is 2. The van der Waals surface area contributed by atoms with Crippen LogP contribution in [0.3, 0.4) is 0 Å². The number of aliphatic hydroxyl groups excluding tert-OH is 1. The first-order valence-corrected chi connectivity index (χ1v) is 9.58. The molecule has 1 saturated heterocycles. The topological polar surface area (TPSA) is 75.3 Å². The fraction of sp³-hybridized carbons (Fsp3) is 0.524. The van der Waals surface area contributed by atoms with Crippen LogP contribution < -0.4 is 5.73 Å². The van der Waals surface area contributed by atoms with E-state index in [1.807, 2.05) is 24.5 Å². The lowest BCUT2D eigenvalue weighted by Crippen LogP contribution is -2.43. The van der Waals surface area contributed by atoms with Crippen molar-refractivity contribution in [3.63, 3.8) is 0 Å². The van der Waals surface area contributed by atoms with Gasteiger partial charge in [0.25, 0.3) is 0 Å². The first kappa shape index (κ1) is 19.0. The summed E-state index contributed by atoms with van der Waals surface area (Å²) in [5, 5.41) is 10.6. The molecule has 2 aromatic heterocycles. The molecule has 5 nitrogen and oxygen atoms in total. The summed E-state index contributed by atoms with van der Waals surface area (Å²) >= 11 is 0. The van der Waals surface area contributed by atoms with E-state index < -0.39 is 0 Å². The minimum atomic E-state index is -0.349. The summed E-state index contributed by atoms with van der Waals surface area (Å²) < 4.78 is 0. The highest BCUT2D eigenvalue weighted by Gasteiger charge is 2.38. The molecular weight excluding hydrogens is 324 g/mol. The number of hydrogen-bond acceptors (Lipinski definition) is 5. The quantitative estimate of drug-likeness (QED) is 0.780. The molecule has 26 heavy (non-hydrogen) atoms. The average molecular weight is 354 g/mol. The Morgan fingerprint density at radius 1 is 1.00 bits per heavy atom. The Morgan fingerprint density at radius 2 is 1.54 bits per heavy atom. The molecule has 1 aliphatic rings. The van der Waals surface area contributed by atoms with E-state index in [0.717, 1.165) is 30.8 Å². The lowest BCUT2D eigenvalue weighted by Gasteiger charge is -2.44. The molecular formula is C21H30N4O. The van der Waals surface area contributed by atoms with Crippen molar-refractivity contribution in [2.75, 3.05) is 13.1 Å². The molecule has 3 rings (SSSR count). The summed E-state index contributed by atoms with van der Waals surface area (Å²) in [4.78, 5) is 11.8. The molecule has 140 valence electrons. The number of rotatable bonds is 6. The maximum Gasteiger partial charge on any atom is 0.0605 e. The number of piperidine rings is 1. The van der Waals surface area contributed by atoms with Gasteiger partial charge in [-0.3, -0.25) is 14.9 Å². The van der Waals surface area contributed by atoms with E-state index >= 15 is 0 Å². The monoisotopic (exact) mass is 354 g/mol. The summed E-state index contributed by atoms with van der Waals surface area (Å²) in [6, 6.07) is 8.34. The Morgan fingerprint density at radius 3 is 2.00 bits per heavy atom. The Labute approximate surface area is 156 Å².